The van der Waals surface area contributed by atoms with E-state index in [4.69, 9.17) is 26.5 Å². The van der Waals surface area contributed by atoms with Crippen LogP contribution in [-0.2, 0) is 0 Å². The van der Waals surface area contributed by atoms with E-state index in [1.807, 2.05) is 0 Å². The van der Waals surface area contributed by atoms with E-state index in [0.29, 0.717) is 37.3 Å². The van der Waals surface area contributed by atoms with Gasteiger partial charge in [0.1, 0.15) is 29.5 Å². The summed E-state index contributed by atoms with van der Waals surface area (Å²) in [5.74, 6) is -22.5. The lowest BCUT2D eigenvalue weighted by Crippen LogP contribution is -2.48. The number of imide groups is 6. The van der Waals surface area contributed by atoms with Gasteiger partial charge in [0.15, 0.2) is 34.6 Å². The molecule has 522 valence electrons. The largest absolute Gasteiger partial charge is 0.433 e. The summed E-state index contributed by atoms with van der Waals surface area (Å²) in [5, 5.41) is 96.0. The summed E-state index contributed by atoms with van der Waals surface area (Å²) in [4.78, 5) is 233. The number of hydrogen-bond acceptors (Lipinski definition) is 36. The van der Waals surface area contributed by atoms with Crippen molar-refractivity contribution in [1.29, 1.82) is 0 Å². The van der Waals surface area contributed by atoms with Crippen molar-refractivity contribution in [3.8, 4) is 0 Å². The van der Waals surface area contributed by atoms with E-state index >= 15 is 28.8 Å². The molecule has 6 aromatic heterocycles. The molecule has 0 radical (unpaired) electrons. The highest BCUT2D eigenvalue weighted by Crippen LogP contribution is 2.31. The fourth-order valence-corrected chi connectivity index (χ4v) is 7.26. The molecule has 0 saturated heterocycles. The van der Waals surface area contributed by atoms with E-state index in [2.05, 4.69) is 30.6 Å². The molecule has 0 aliphatic carbocycles. The third kappa shape index (κ3) is 19.5. The zero-order chi connectivity index (χ0) is 74.5. The van der Waals surface area contributed by atoms with E-state index in [9.17, 15) is 89.5 Å². The van der Waals surface area contributed by atoms with Crippen LogP contribution in [0.2, 0.25) is 0 Å². The quantitative estimate of drug-likeness (QED) is 0.0232. The van der Waals surface area contributed by atoms with E-state index in [0.717, 1.165) is 72.8 Å². The van der Waals surface area contributed by atoms with Crippen LogP contribution in [0.4, 0.5) is 64.1 Å². The maximum absolute atomic E-state index is 15.1. The molecule has 0 aliphatic heterocycles. The highest BCUT2D eigenvalue weighted by molar-refractivity contribution is 6.31. The van der Waals surface area contributed by atoms with Crippen molar-refractivity contribution in [3.05, 3.63) is 201 Å². The number of carbonyl (C=O) groups is 12. The summed E-state index contributed by atoms with van der Waals surface area (Å²) in [6.45, 7) is 0. The molecule has 7 rings (SSSR count). The highest BCUT2D eigenvalue weighted by Gasteiger charge is 2.42. The fourth-order valence-electron chi connectivity index (χ4n) is 7.26. The minimum absolute atomic E-state index is 0.490. The van der Waals surface area contributed by atoms with Gasteiger partial charge in [-0.05, 0) is 36.4 Å². The third-order valence-corrected chi connectivity index (χ3v) is 11.1. The Morgan fingerprint density at radius 2 is 0.373 bits per heavy atom. The van der Waals surface area contributed by atoms with Crippen LogP contribution in [0.15, 0.2) is 130 Å². The van der Waals surface area contributed by atoms with Crippen LogP contribution in [0.1, 0.15) is 96.7 Å². The van der Waals surface area contributed by atoms with Gasteiger partial charge in [0.05, 0.1) is 107 Å². The van der Waals surface area contributed by atoms with Crippen LogP contribution in [0.25, 0.3) is 0 Å². The number of furan rings is 6. The highest BCUT2D eigenvalue weighted by atomic mass is 16.7. The Morgan fingerprint density at radius 3 is 0.480 bits per heavy atom. The second-order valence-corrected chi connectivity index (χ2v) is 17.8. The maximum Gasteiger partial charge on any atom is 0.433 e. The molecule has 0 unspecified atom stereocenters. The first-order chi connectivity index (χ1) is 48.5. The lowest BCUT2D eigenvalue weighted by Gasteiger charge is -2.23. The number of carbonyl (C=O) groups excluding carboxylic acids is 12. The van der Waals surface area contributed by atoms with Gasteiger partial charge >= 0.3 is 71.5 Å². The number of benzene rings is 1. The molecule has 0 spiro atoms. The Balaban J connectivity index is 1.48. The van der Waals surface area contributed by atoms with Gasteiger partial charge in [-0.2, -0.15) is 30.6 Å². The van der Waals surface area contributed by atoms with Gasteiger partial charge in [0.25, 0.3) is 35.4 Å². The topological polar surface area (TPSA) is 761 Å². The van der Waals surface area contributed by atoms with E-state index < -0.39 is 204 Å². The van der Waals surface area contributed by atoms with Crippen molar-refractivity contribution < 1.29 is 114 Å². The van der Waals surface area contributed by atoms with Crippen LogP contribution >= 0.6 is 0 Å². The lowest BCUT2D eigenvalue weighted by molar-refractivity contribution is -0.402. The number of amides is 18. The van der Waals surface area contributed by atoms with Crippen LogP contribution in [0, 0.1) is 60.7 Å². The number of nitrogens with zero attached hydrogens (tertiary/aromatic N) is 12. The molecule has 54 nitrogen and oxygen atoms in total. The van der Waals surface area contributed by atoms with Crippen LogP contribution < -0.4 is 64.5 Å². The monoisotopic (exact) mass is 1420 g/mol. The predicted molar refractivity (Wildman–Crippen MR) is 320 cm³/mol. The molecule has 0 saturated carbocycles. The van der Waals surface area contributed by atoms with Crippen molar-refractivity contribution >= 4 is 144 Å². The van der Waals surface area contributed by atoms with Crippen LogP contribution in [-0.4, -0.2) is 138 Å². The predicted octanol–water partition coefficient (Wildman–Crippen LogP) is 1.53. The lowest BCUT2D eigenvalue weighted by atomic mass is 9.83. The molecule has 6 heterocycles. The minimum atomic E-state index is -2.38. The molecule has 0 atom stereocenters. The van der Waals surface area contributed by atoms with Gasteiger partial charge < -0.3 is 26.5 Å². The molecule has 0 aliphatic rings. The first kappa shape index (κ1) is 72.4. The average Bonchev–Trinajstić information content (AvgIpc) is 0.759. The Labute approximate surface area is 553 Å². The zero-order valence-corrected chi connectivity index (χ0v) is 49.0. The van der Waals surface area contributed by atoms with Crippen LogP contribution in [0.3, 0.4) is 0 Å². The number of nitrogens with one attached hydrogen (secondary N) is 12. The Bertz CT molecular complexity index is 4070. The van der Waals surface area contributed by atoms with Crippen LogP contribution in [0.5, 0.6) is 0 Å². The Hall–Kier alpha value is -17.0. The number of rotatable bonds is 24. The smallest absolute Gasteiger partial charge is 0.400 e. The molecule has 18 amide bonds. The molecule has 102 heavy (non-hydrogen) atoms. The second-order valence-electron chi connectivity index (χ2n) is 17.8. The number of hydrazone groups is 6. The van der Waals surface area contributed by atoms with Gasteiger partial charge in [-0.25, -0.2) is 61.3 Å². The molecule has 1 aromatic carbocycles. The first-order valence-electron chi connectivity index (χ1n) is 26.0. The van der Waals surface area contributed by atoms with Crippen molar-refractivity contribution in [1.82, 2.24) is 64.5 Å². The SMILES string of the molecule is O=C(NN=Cc1ccc([N+](=O)[O-])o1)NC(=O)c1c(C(=O)NC(=O)NN=Cc2ccc([N+](=O)[O-])o2)c(C(=O)NC(=O)NN=Cc2ccc([N+](=O)[O-])o2)c(C(=O)NC(=O)NN=Cc2ccc([N+](=O)[O-])o2)c(C(=O)NC(=O)NN=Cc2ccc([N+](=O)[O-])o2)c1C(=O)NC(=O)NN=Cc1ccc([N+](=O)[O-])o1. The summed E-state index contributed by atoms with van der Waals surface area (Å²) in [6, 6.07) is -1.49. The summed E-state index contributed by atoms with van der Waals surface area (Å²) < 4.78 is 29.2. The first-order valence-corrected chi connectivity index (χ1v) is 26.0. The van der Waals surface area contributed by atoms with E-state index in [1.165, 1.54) is 31.9 Å². The summed E-state index contributed by atoms with van der Waals surface area (Å²) >= 11 is 0. The zero-order valence-electron chi connectivity index (χ0n) is 49.0. The van der Waals surface area contributed by atoms with E-state index in [1.54, 1.807) is 32.6 Å². The third-order valence-electron chi connectivity index (χ3n) is 11.1. The number of urea groups is 6. The van der Waals surface area contributed by atoms with Crippen molar-refractivity contribution in [3.63, 3.8) is 0 Å². The van der Waals surface area contributed by atoms with Gasteiger partial charge in [-0.15, -0.1) is 0 Å². The Kier molecular flexibility index (Phi) is 23.2. The van der Waals surface area contributed by atoms with Gasteiger partial charge in [0.2, 0.25) is 0 Å². The fraction of sp³-hybridized carbons (Fsp3) is 0. The maximum atomic E-state index is 15.1. The molecular formula is C48H30N24O30. The molecule has 0 fully saturated rings. The molecular weight excluding hydrogens is 1390 g/mol. The van der Waals surface area contributed by atoms with Gasteiger partial charge in [0, 0.05) is 0 Å². The van der Waals surface area contributed by atoms with Crippen molar-refractivity contribution in [2.24, 2.45) is 30.6 Å². The van der Waals surface area contributed by atoms with Crippen molar-refractivity contribution in [2.45, 2.75) is 0 Å². The molecule has 0 bridgehead atoms. The van der Waals surface area contributed by atoms with Gasteiger partial charge in [-0.1, -0.05) is 0 Å². The second kappa shape index (κ2) is 32.7. The standard InChI is InChI=1S/C48H30N24O30/c73-37(55-43(79)61-49-13-19-1-7-25(97-19)67(85)86)31-32(38(74)56-44(80)62-50-14-20-2-8-26(98-20)68(87)88)34(40(76)58-46(82)64-52-16-22-4-10-28(100-22)70(91)92)36(42(78)60-48(84)66-54-18-24-6-12-30(102-24)72(95)96)35(41(77)59-47(83)65-53-17-23-5-11-29(101-23)71(93)94)33(31)39(75)57-45(81)63-51-15-21-3-9-27(99-21)69(89)90/h1-18H,(H2,55,61,73,79)(H2,56,62,74,80)(H2,57,63,75,81)(H2,58,64,76,82)(H2,59,65,77,83)(H2,60,66,78,84). The van der Waals surface area contributed by atoms with Gasteiger partial charge in [-0.3, -0.25) is 121 Å². The molecule has 7 aromatic rings. The normalized spacial score (nSPS) is 11.1. The van der Waals surface area contributed by atoms with Crippen molar-refractivity contribution in [2.75, 3.05) is 0 Å². The summed E-state index contributed by atoms with van der Waals surface area (Å²) in [5.41, 5.74) is -2.86. The van der Waals surface area contributed by atoms with E-state index in [-0.39, 0.29) is 0 Å². The Morgan fingerprint density at radius 1 is 0.245 bits per heavy atom. The summed E-state index contributed by atoms with van der Waals surface area (Å²) in [7, 11) is 0. The summed E-state index contributed by atoms with van der Waals surface area (Å²) in [6.07, 6.45) is 3.26. The minimum Gasteiger partial charge on any atom is -0.400 e. The average molecular weight is 1420 g/mol. The molecule has 54 heteroatoms. The number of nitro groups is 6. The number of hydrogen-bond donors (Lipinski definition) is 12. The molecule has 12 N–H and O–H groups in total.